The molecule has 1 heterocycles. The van der Waals surface area contributed by atoms with Crippen molar-refractivity contribution in [3.05, 3.63) is 0 Å². The molecule has 1 amide bonds. The van der Waals surface area contributed by atoms with E-state index in [9.17, 15) is 9.90 Å². The number of hydrogen-bond acceptors (Lipinski definition) is 3. The van der Waals surface area contributed by atoms with Crippen molar-refractivity contribution < 1.29 is 9.90 Å². The van der Waals surface area contributed by atoms with Crippen LogP contribution in [0.3, 0.4) is 0 Å². The number of amides is 1. The molecule has 0 radical (unpaired) electrons. The molecule has 0 unspecified atom stereocenters. The van der Waals surface area contributed by atoms with Gasteiger partial charge in [0.1, 0.15) is 5.60 Å². The lowest BCUT2D eigenvalue weighted by Crippen LogP contribution is -2.70. The molecule has 0 aromatic carbocycles. The molecule has 1 saturated heterocycles. The maximum atomic E-state index is 12.1. The Bertz CT molecular complexity index is 289. The molecule has 2 rings (SSSR count). The molecule has 1 aliphatic carbocycles. The fourth-order valence-corrected chi connectivity index (χ4v) is 2.66. The molecule has 2 aliphatic rings. The second-order valence-electron chi connectivity index (χ2n) is 5.78. The van der Waals surface area contributed by atoms with Gasteiger partial charge in [-0.25, -0.2) is 0 Å². The first-order chi connectivity index (χ1) is 7.37. The standard InChI is InChI=1S/C12H22N2O2/c1-9(2)12(16)7-14(8-12)10(15)11(13)5-3-4-6-11/h9,16H,3-8,13H2,1-2H3. The zero-order chi connectivity index (χ0) is 12.0. The highest BCUT2D eigenvalue weighted by Gasteiger charge is 2.50. The Morgan fingerprint density at radius 1 is 1.31 bits per heavy atom. The Morgan fingerprint density at radius 3 is 2.25 bits per heavy atom. The number of β-amino-alcohol motifs (C(OH)–C–C–N with tert-alkyl or cyclic N) is 1. The highest BCUT2D eigenvalue weighted by atomic mass is 16.3. The van der Waals surface area contributed by atoms with Gasteiger partial charge in [-0.1, -0.05) is 26.7 Å². The van der Waals surface area contributed by atoms with Gasteiger partial charge >= 0.3 is 0 Å². The summed E-state index contributed by atoms with van der Waals surface area (Å²) in [6.07, 6.45) is 3.68. The summed E-state index contributed by atoms with van der Waals surface area (Å²) in [7, 11) is 0. The molecule has 3 N–H and O–H groups in total. The molecule has 0 aromatic rings. The van der Waals surface area contributed by atoms with E-state index in [1.165, 1.54) is 0 Å². The summed E-state index contributed by atoms with van der Waals surface area (Å²) in [5, 5.41) is 10.1. The van der Waals surface area contributed by atoms with E-state index in [1.807, 2.05) is 13.8 Å². The molecule has 0 atom stereocenters. The van der Waals surface area contributed by atoms with Crippen molar-refractivity contribution in [1.29, 1.82) is 0 Å². The molecule has 16 heavy (non-hydrogen) atoms. The number of carbonyl (C=O) groups is 1. The minimum absolute atomic E-state index is 0.0373. The first-order valence-electron chi connectivity index (χ1n) is 6.18. The number of carbonyl (C=O) groups excluding carboxylic acids is 1. The third-order valence-electron chi connectivity index (χ3n) is 4.21. The van der Waals surface area contributed by atoms with E-state index in [0.29, 0.717) is 13.1 Å². The molecule has 2 fully saturated rings. The van der Waals surface area contributed by atoms with Gasteiger partial charge < -0.3 is 15.7 Å². The van der Waals surface area contributed by atoms with Crippen molar-refractivity contribution in [1.82, 2.24) is 4.90 Å². The van der Waals surface area contributed by atoms with Crippen LogP contribution in [0.4, 0.5) is 0 Å². The Kier molecular flexibility index (Phi) is 2.75. The Hall–Kier alpha value is -0.610. The van der Waals surface area contributed by atoms with Gasteiger partial charge in [0.2, 0.25) is 5.91 Å². The number of hydrogen-bond donors (Lipinski definition) is 2. The van der Waals surface area contributed by atoms with Crippen molar-refractivity contribution in [2.45, 2.75) is 50.7 Å². The smallest absolute Gasteiger partial charge is 0.242 e. The van der Waals surface area contributed by atoms with Gasteiger partial charge in [-0.2, -0.15) is 0 Å². The second kappa shape index (κ2) is 3.70. The lowest BCUT2D eigenvalue weighted by Gasteiger charge is -2.51. The molecule has 0 spiro atoms. The van der Waals surface area contributed by atoms with Gasteiger partial charge in [-0.15, -0.1) is 0 Å². The van der Waals surface area contributed by atoms with E-state index in [2.05, 4.69) is 0 Å². The van der Waals surface area contributed by atoms with Crippen LogP contribution in [0.25, 0.3) is 0 Å². The SMILES string of the molecule is CC(C)C1(O)CN(C(=O)C2(N)CCCC2)C1. The van der Waals surface area contributed by atoms with Gasteiger partial charge in [0.15, 0.2) is 0 Å². The van der Waals surface area contributed by atoms with E-state index in [1.54, 1.807) is 4.90 Å². The van der Waals surface area contributed by atoms with Crippen LogP contribution in [0.2, 0.25) is 0 Å². The number of nitrogens with two attached hydrogens (primary N) is 1. The van der Waals surface area contributed by atoms with Crippen molar-refractivity contribution in [2.75, 3.05) is 13.1 Å². The van der Waals surface area contributed by atoms with Crippen molar-refractivity contribution in [3.63, 3.8) is 0 Å². The van der Waals surface area contributed by atoms with Gasteiger partial charge in [0.25, 0.3) is 0 Å². The van der Waals surface area contributed by atoms with Gasteiger partial charge in [0, 0.05) is 0 Å². The van der Waals surface area contributed by atoms with Crippen molar-refractivity contribution in [3.8, 4) is 0 Å². The van der Waals surface area contributed by atoms with Crippen LogP contribution in [0.15, 0.2) is 0 Å². The van der Waals surface area contributed by atoms with E-state index < -0.39 is 11.1 Å². The predicted octanol–water partition coefficient (Wildman–Crippen LogP) is 0.487. The predicted molar refractivity (Wildman–Crippen MR) is 61.8 cm³/mol. The third kappa shape index (κ3) is 1.74. The summed E-state index contributed by atoms with van der Waals surface area (Å²) in [6, 6.07) is 0. The summed E-state index contributed by atoms with van der Waals surface area (Å²) < 4.78 is 0. The van der Waals surface area contributed by atoms with Crippen LogP contribution >= 0.6 is 0 Å². The highest BCUT2D eigenvalue weighted by Crippen LogP contribution is 2.34. The van der Waals surface area contributed by atoms with Crippen LogP contribution in [0, 0.1) is 5.92 Å². The topological polar surface area (TPSA) is 66.6 Å². The van der Waals surface area contributed by atoms with E-state index in [0.717, 1.165) is 25.7 Å². The lowest BCUT2D eigenvalue weighted by molar-refractivity contribution is -0.168. The molecule has 92 valence electrons. The average Bonchev–Trinajstić information content (AvgIpc) is 2.60. The van der Waals surface area contributed by atoms with Crippen molar-refractivity contribution in [2.24, 2.45) is 11.7 Å². The quantitative estimate of drug-likeness (QED) is 0.720. The van der Waals surface area contributed by atoms with Crippen LogP contribution in [-0.2, 0) is 4.79 Å². The average molecular weight is 226 g/mol. The van der Waals surface area contributed by atoms with Gasteiger partial charge in [-0.3, -0.25) is 4.79 Å². The van der Waals surface area contributed by atoms with Crippen LogP contribution in [0.5, 0.6) is 0 Å². The Balaban J connectivity index is 1.95. The maximum Gasteiger partial charge on any atom is 0.242 e. The molecule has 1 saturated carbocycles. The van der Waals surface area contributed by atoms with Crippen molar-refractivity contribution >= 4 is 5.91 Å². The van der Waals surface area contributed by atoms with Crippen LogP contribution in [-0.4, -0.2) is 40.1 Å². The zero-order valence-corrected chi connectivity index (χ0v) is 10.2. The molecule has 0 bridgehead atoms. The monoisotopic (exact) mass is 226 g/mol. The van der Waals surface area contributed by atoms with Gasteiger partial charge in [0.05, 0.1) is 18.6 Å². The summed E-state index contributed by atoms with van der Waals surface area (Å²) in [5.41, 5.74) is 4.77. The summed E-state index contributed by atoms with van der Waals surface area (Å²) in [6.45, 7) is 4.86. The first-order valence-corrected chi connectivity index (χ1v) is 6.18. The zero-order valence-electron chi connectivity index (χ0n) is 10.2. The number of likely N-dealkylation sites (tertiary alicyclic amines) is 1. The molecular formula is C12H22N2O2. The fraction of sp³-hybridized carbons (Fsp3) is 0.917. The lowest BCUT2D eigenvalue weighted by atomic mass is 9.81. The summed E-state index contributed by atoms with van der Waals surface area (Å²) in [4.78, 5) is 13.9. The fourth-order valence-electron chi connectivity index (χ4n) is 2.66. The molecule has 4 heteroatoms. The summed E-state index contributed by atoms with van der Waals surface area (Å²) >= 11 is 0. The van der Waals surface area contributed by atoms with E-state index in [-0.39, 0.29) is 11.8 Å². The second-order valence-corrected chi connectivity index (χ2v) is 5.78. The maximum absolute atomic E-state index is 12.1. The molecule has 4 nitrogen and oxygen atoms in total. The van der Waals surface area contributed by atoms with E-state index >= 15 is 0 Å². The van der Waals surface area contributed by atoms with Crippen LogP contribution in [0.1, 0.15) is 39.5 Å². The Labute approximate surface area is 96.8 Å². The molecule has 1 aliphatic heterocycles. The van der Waals surface area contributed by atoms with E-state index in [4.69, 9.17) is 5.73 Å². The van der Waals surface area contributed by atoms with Crippen LogP contribution < -0.4 is 5.73 Å². The molecule has 0 aromatic heterocycles. The minimum Gasteiger partial charge on any atom is -0.386 e. The normalized spacial score (nSPS) is 26.9. The Morgan fingerprint density at radius 2 is 1.81 bits per heavy atom. The highest BCUT2D eigenvalue weighted by molar-refractivity contribution is 5.87. The molecular weight excluding hydrogens is 204 g/mol. The largest absolute Gasteiger partial charge is 0.386 e. The van der Waals surface area contributed by atoms with Gasteiger partial charge in [-0.05, 0) is 18.8 Å². The minimum atomic E-state index is -0.690. The summed E-state index contributed by atoms with van der Waals surface area (Å²) in [5.74, 6) is 0.226. The number of nitrogens with zero attached hydrogens (tertiary/aromatic N) is 1. The third-order valence-corrected chi connectivity index (χ3v) is 4.21. The number of rotatable bonds is 2. The first kappa shape index (κ1) is 11.9. The number of aliphatic hydroxyl groups is 1.